The lowest BCUT2D eigenvalue weighted by molar-refractivity contribution is -0.159. The van der Waals surface area contributed by atoms with Crippen molar-refractivity contribution in [1.29, 1.82) is 0 Å². The number of benzene rings is 1. The van der Waals surface area contributed by atoms with Crippen LogP contribution in [-0.4, -0.2) is 18.4 Å². The molecule has 1 N–H and O–H groups in total. The molecule has 27 heavy (non-hydrogen) atoms. The van der Waals surface area contributed by atoms with Gasteiger partial charge < -0.3 is 5.32 Å². The van der Waals surface area contributed by atoms with E-state index in [9.17, 15) is 4.79 Å². The molecule has 6 atom stereocenters. The number of ketones is 1. The highest BCUT2D eigenvalue weighted by Crippen LogP contribution is 2.70. The van der Waals surface area contributed by atoms with E-state index in [1.807, 2.05) is 0 Å². The normalized spacial score (nSPS) is 45.8. The monoisotopic (exact) mass is 365 g/mol. The molecule has 5 aliphatic rings. The molecule has 1 aromatic carbocycles. The van der Waals surface area contributed by atoms with Gasteiger partial charge in [-0.2, -0.15) is 0 Å². The first-order valence-electron chi connectivity index (χ1n) is 11.2. The minimum atomic E-state index is -0.0296. The standard InChI is InChI=1S/C25H35NO/c1-18-10-19(8-9-26-18)11-22(27)25-14-20-12-23(2,16-25)15-24(13-20,17-25)21-6-4-3-5-7-21/h3-7,18-20,26H,8-17H2,1-2H3/t18-,19-,20?,23-,24-,25?/m1/s1. The highest BCUT2D eigenvalue weighted by Gasteiger charge is 2.64. The average molecular weight is 366 g/mol. The van der Waals surface area contributed by atoms with Crippen LogP contribution in [0.5, 0.6) is 0 Å². The van der Waals surface area contributed by atoms with Crippen molar-refractivity contribution in [3.63, 3.8) is 0 Å². The molecule has 4 bridgehead atoms. The Kier molecular flexibility index (Phi) is 4.10. The second-order valence-electron chi connectivity index (χ2n) is 11.1. The van der Waals surface area contributed by atoms with Crippen LogP contribution in [0.3, 0.4) is 0 Å². The van der Waals surface area contributed by atoms with Crippen LogP contribution in [0.15, 0.2) is 30.3 Å². The molecule has 0 spiro atoms. The van der Waals surface area contributed by atoms with Crippen molar-refractivity contribution in [2.45, 2.75) is 83.1 Å². The number of hydrogen-bond acceptors (Lipinski definition) is 2. The highest BCUT2D eigenvalue weighted by molar-refractivity contribution is 5.86. The van der Waals surface area contributed by atoms with Crippen LogP contribution in [-0.2, 0) is 10.2 Å². The van der Waals surface area contributed by atoms with Gasteiger partial charge in [0.2, 0.25) is 0 Å². The van der Waals surface area contributed by atoms with E-state index in [1.165, 1.54) is 44.1 Å². The summed E-state index contributed by atoms with van der Waals surface area (Å²) in [5.74, 6) is 1.97. The number of piperidine rings is 1. The fourth-order valence-corrected chi connectivity index (χ4v) is 8.24. The summed E-state index contributed by atoms with van der Waals surface area (Å²) in [6, 6.07) is 11.8. The Morgan fingerprint density at radius 1 is 1.11 bits per heavy atom. The third-order valence-corrected chi connectivity index (χ3v) is 8.53. The number of carbonyl (C=O) groups excluding carboxylic acids is 1. The fourth-order valence-electron chi connectivity index (χ4n) is 8.24. The first-order valence-corrected chi connectivity index (χ1v) is 11.2. The predicted molar refractivity (Wildman–Crippen MR) is 110 cm³/mol. The lowest BCUT2D eigenvalue weighted by Gasteiger charge is -2.66. The van der Waals surface area contributed by atoms with Crippen LogP contribution in [0, 0.1) is 22.7 Å². The van der Waals surface area contributed by atoms with Crippen molar-refractivity contribution in [3.05, 3.63) is 35.9 Å². The van der Waals surface area contributed by atoms with E-state index in [0.29, 0.717) is 23.2 Å². The maximum atomic E-state index is 13.8. The number of nitrogens with one attached hydrogen (secondary N) is 1. The van der Waals surface area contributed by atoms with Crippen LogP contribution in [0.4, 0.5) is 0 Å². The molecule has 2 unspecified atom stereocenters. The Hall–Kier alpha value is -1.15. The third-order valence-electron chi connectivity index (χ3n) is 8.53. The van der Waals surface area contributed by atoms with Crippen molar-refractivity contribution in [1.82, 2.24) is 5.32 Å². The van der Waals surface area contributed by atoms with E-state index in [0.717, 1.165) is 31.7 Å². The van der Waals surface area contributed by atoms with Gasteiger partial charge in [-0.3, -0.25) is 4.79 Å². The average Bonchev–Trinajstić information content (AvgIpc) is 2.60. The Bertz CT molecular complexity index is 729. The lowest BCUT2D eigenvalue weighted by Crippen LogP contribution is -2.60. The summed E-state index contributed by atoms with van der Waals surface area (Å²) >= 11 is 0. The van der Waals surface area contributed by atoms with Gasteiger partial charge in [0.25, 0.3) is 0 Å². The molecule has 4 aliphatic carbocycles. The minimum Gasteiger partial charge on any atom is -0.314 e. The molecule has 6 rings (SSSR count). The summed E-state index contributed by atoms with van der Waals surface area (Å²) in [6.07, 6.45) is 10.6. The summed E-state index contributed by atoms with van der Waals surface area (Å²) in [4.78, 5) is 13.8. The quantitative estimate of drug-likeness (QED) is 0.788. The van der Waals surface area contributed by atoms with Crippen LogP contribution in [0.1, 0.15) is 77.2 Å². The van der Waals surface area contributed by atoms with Crippen LogP contribution < -0.4 is 5.32 Å². The molecule has 5 fully saturated rings. The first-order chi connectivity index (χ1) is 12.9. The van der Waals surface area contributed by atoms with Crippen LogP contribution in [0.2, 0.25) is 0 Å². The molecule has 0 amide bonds. The smallest absolute Gasteiger partial charge is 0.139 e. The molecule has 2 nitrogen and oxygen atoms in total. The summed E-state index contributed by atoms with van der Waals surface area (Å²) in [7, 11) is 0. The summed E-state index contributed by atoms with van der Waals surface area (Å²) in [5.41, 5.74) is 2.10. The van der Waals surface area contributed by atoms with Gasteiger partial charge in [-0.15, -0.1) is 0 Å². The van der Waals surface area contributed by atoms with Gasteiger partial charge >= 0.3 is 0 Å². The van der Waals surface area contributed by atoms with Gasteiger partial charge in [-0.1, -0.05) is 37.3 Å². The Morgan fingerprint density at radius 2 is 1.93 bits per heavy atom. The third kappa shape index (κ3) is 2.99. The van der Waals surface area contributed by atoms with E-state index in [2.05, 4.69) is 49.5 Å². The summed E-state index contributed by atoms with van der Waals surface area (Å²) in [6.45, 7) is 5.84. The molecule has 1 heterocycles. The SMILES string of the molecule is C[C@@H]1C[C@H](CC(=O)C23CC4C[C@@](C)(C2)C[C@](c2ccccc2)(C4)C3)CCN1. The number of Topliss-reactive ketones (excluding diaryl/α,β-unsaturated/α-hetero) is 1. The Labute approximate surface area is 164 Å². The summed E-state index contributed by atoms with van der Waals surface area (Å²) < 4.78 is 0. The molecule has 1 aromatic rings. The van der Waals surface area contributed by atoms with Gasteiger partial charge in [-0.05, 0) is 93.1 Å². The number of hydrogen-bond donors (Lipinski definition) is 1. The Balaban J connectivity index is 1.45. The molecule has 0 radical (unpaired) electrons. The van der Waals surface area contributed by atoms with Gasteiger partial charge in [0, 0.05) is 17.9 Å². The molecular weight excluding hydrogens is 330 g/mol. The Morgan fingerprint density at radius 3 is 2.67 bits per heavy atom. The second kappa shape index (κ2) is 6.17. The van der Waals surface area contributed by atoms with Crippen molar-refractivity contribution in [2.75, 3.05) is 6.54 Å². The molecule has 1 aliphatic heterocycles. The van der Waals surface area contributed by atoms with E-state index in [4.69, 9.17) is 0 Å². The largest absolute Gasteiger partial charge is 0.314 e. The maximum absolute atomic E-state index is 13.8. The maximum Gasteiger partial charge on any atom is 0.139 e. The van der Waals surface area contributed by atoms with Gasteiger partial charge in [0.05, 0.1) is 0 Å². The first kappa shape index (κ1) is 17.9. The fraction of sp³-hybridized carbons (Fsp3) is 0.720. The molecule has 1 saturated heterocycles. The van der Waals surface area contributed by atoms with Crippen molar-refractivity contribution in [3.8, 4) is 0 Å². The second-order valence-corrected chi connectivity index (χ2v) is 11.1. The highest BCUT2D eigenvalue weighted by atomic mass is 16.1. The van der Waals surface area contributed by atoms with Crippen LogP contribution in [0.25, 0.3) is 0 Å². The minimum absolute atomic E-state index is 0.0296. The van der Waals surface area contributed by atoms with Crippen molar-refractivity contribution >= 4 is 5.78 Å². The number of carbonyl (C=O) groups is 1. The van der Waals surface area contributed by atoms with Gasteiger partial charge in [0.15, 0.2) is 0 Å². The zero-order chi connectivity index (χ0) is 18.7. The van der Waals surface area contributed by atoms with Crippen molar-refractivity contribution in [2.24, 2.45) is 22.7 Å². The van der Waals surface area contributed by atoms with Gasteiger partial charge in [-0.25, -0.2) is 0 Å². The summed E-state index contributed by atoms with van der Waals surface area (Å²) in [5, 5.41) is 3.54. The molecule has 146 valence electrons. The zero-order valence-electron chi connectivity index (χ0n) is 17.1. The van der Waals surface area contributed by atoms with Crippen molar-refractivity contribution < 1.29 is 4.79 Å². The molecule has 4 saturated carbocycles. The predicted octanol–water partition coefficient (Wildman–Crippen LogP) is 5.26. The van der Waals surface area contributed by atoms with E-state index in [-0.39, 0.29) is 10.8 Å². The lowest BCUT2D eigenvalue weighted by atomic mass is 9.38. The zero-order valence-corrected chi connectivity index (χ0v) is 17.1. The van der Waals surface area contributed by atoms with E-state index in [1.54, 1.807) is 0 Å². The van der Waals surface area contributed by atoms with Crippen LogP contribution >= 0.6 is 0 Å². The topological polar surface area (TPSA) is 29.1 Å². The molecule has 0 aromatic heterocycles. The number of rotatable bonds is 4. The molecule has 2 heteroatoms. The van der Waals surface area contributed by atoms with E-state index >= 15 is 0 Å². The van der Waals surface area contributed by atoms with Gasteiger partial charge in [0.1, 0.15) is 5.78 Å². The van der Waals surface area contributed by atoms with E-state index < -0.39 is 0 Å². The molecular formula is C25H35NO.